The zero-order valence-corrected chi connectivity index (χ0v) is 11.6. The number of carbonyl (C=O) groups is 1. The lowest BCUT2D eigenvalue weighted by atomic mass is 10.0. The van der Waals surface area contributed by atoms with E-state index in [9.17, 15) is 4.79 Å². The Bertz CT molecular complexity index is 711. The third kappa shape index (κ3) is 2.14. The molecule has 1 aliphatic rings. The SMILES string of the molecule is COc1cc2c(cc1/C=C/C(C)=O)-c1ccccc1C2. The maximum atomic E-state index is 11.1. The number of methoxy groups -OCH3 is 1. The highest BCUT2D eigenvalue weighted by molar-refractivity contribution is 5.92. The molecular weight excluding hydrogens is 248 g/mol. The molecule has 2 nitrogen and oxygen atoms in total. The summed E-state index contributed by atoms with van der Waals surface area (Å²) in [6.45, 7) is 1.55. The van der Waals surface area contributed by atoms with Gasteiger partial charge in [-0.25, -0.2) is 0 Å². The monoisotopic (exact) mass is 264 g/mol. The molecule has 0 saturated carbocycles. The van der Waals surface area contributed by atoms with E-state index in [0.717, 1.165) is 17.7 Å². The number of carbonyl (C=O) groups excluding carboxylic acids is 1. The van der Waals surface area contributed by atoms with E-state index in [4.69, 9.17) is 4.74 Å². The summed E-state index contributed by atoms with van der Waals surface area (Å²) >= 11 is 0. The van der Waals surface area contributed by atoms with Crippen LogP contribution >= 0.6 is 0 Å². The molecule has 0 aromatic heterocycles. The number of ether oxygens (including phenoxy) is 1. The van der Waals surface area contributed by atoms with Gasteiger partial charge in [-0.2, -0.15) is 0 Å². The lowest BCUT2D eigenvalue weighted by Crippen LogP contribution is -1.91. The first kappa shape index (κ1) is 12.7. The number of rotatable bonds is 3. The van der Waals surface area contributed by atoms with Crippen molar-refractivity contribution in [3.05, 3.63) is 59.2 Å². The van der Waals surface area contributed by atoms with Crippen molar-refractivity contribution in [2.45, 2.75) is 13.3 Å². The first-order chi connectivity index (χ1) is 9.69. The number of fused-ring (bicyclic) bond motifs is 3. The molecule has 20 heavy (non-hydrogen) atoms. The fourth-order valence-electron chi connectivity index (χ4n) is 2.69. The summed E-state index contributed by atoms with van der Waals surface area (Å²) in [6, 6.07) is 12.6. The van der Waals surface area contributed by atoms with E-state index in [1.165, 1.54) is 22.3 Å². The van der Waals surface area contributed by atoms with Crippen LogP contribution in [0.3, 0.4) is 0 Å². The molecule has 2 aromatic carbocycles. The van der Waals surface area contributed by atoms with Crippen LogP contribution in [0.15, 0.2) is 42.5 Å². The number of ketones is 1. The van der Waals surface area contributed by atoms with Gasteiger partial charge in [0.2, 0.25) is 0 Å². The highest BCUT2D eigenvalue weighted by atomic mass is 16.5. The molecule has 0 spiro atoms. The molecule has 0 N–H and O–H groups in total. The summed E-state index contributed by atoms with van der Waals surface area (Å²) in [5.41, 5.74) is 6.09. The molecule has 0 atom stereocenters. The average molecular weight is 264 g/mol. The van der Waals surface area contributed by atoms with Crippen LogP contribution in [0.5, 0.6) is 5.75 Å². The number of hydrogen-bond acceptors (Lipinski definition) is 2. The Morgan fingerprint density at radius 3 is 2.70 bits per heavy atom. The van der Waals surface area contributed by atoms with Crippen molar-refractivity contribution < 1.29 is 9.53 Å². The molecule has 1 aliphatic carbocycles. The van der Waals surface area contributed by atoms with E-state index < -0.39 is 0 Å². The second kappa shape index (κ2) is 4.97. The van der Waals surface area contributed by atoms with Crippen molar-refractivity contribution in [3.8, 4) is 16.9 Å². The van der Waals surface area contributed by atoms with E-state index in [2.05, 4.69) is 36.4 Å². The predicted octanol–water partition coefficient (Wildman–Crippen LogP) is 3.87. The van der Waals surface area contributed by atoms with Gasteiger partial charge in [0.1, 0.15) is 5.75 Å². The van der Waals surface area contributed by atoms with Crippen LogP contribution in [0.4, 0.5) is 0 Å². The van der Waals surface area contributed by atoms with E-state index in [-0.39, 0.29) is 5.78 Å². The summed E-state index contributed by atoms with van der Waals surface area (Å²) in [5, 5.41) is 0. The molecule has 0 heterocycles. The first-order valence-electron chi connectivity index (χ1n) is 6.67. The second-order valence-corrected chi connectivity index (χ2v) is 5.03. The predicted molar refractivity (Wildman–Crippen MR) is 81.0 cm³/mol. The lowest BCUT2D eigenvalue weighted by molar-refractivity contribution is -0.112. The van der Waals surface area contributed by atoms with Crippen LogP contribution in [0.25, 0.3) is 17.2 Å². The largest absolute Gasteiger partial charge is 0.496 e. The Hall–Kier alpha value is -2.35. The molecule has 3 rings (SSSR count). The van der Waals surface area contributed by atoms with Gasteiger partial charge < -0.3 is 4.74 Å². The van der Waals surface area contributed by atoms with Crippen molar-refractivity contribution in [2.24, 2.45) is 0 Å². The third-order valence-corrected chi connectivity index (χ3v) is 3.64. The lowest BCUT2D eigenvalue weighted by Gasteiger charge is -2.09. The Kier molecular flexibility index (Phi) is 3.15. The molecule has 0 bridgehead atoms. The van der Waals surface area contributed by atoms with E-state index in [1.54, 1.807) is 20.1 Å². The smallest absolute Gasteiger partial charge is 0.152 e. The summed E-state index contributed by atoms with van der Waals surface area (Å²) in [7, 11) is 1.66. The second-order valence-electron chi connectivity index (χ2n) is 5.03. The van der Waals surface area contributed by atoms with Crippen LogP contribution in [0.2, 0.25) is 0 Å². The summed E-state index contributed by atoms with van der Waals surface area (Å²) in [4.78, 5) is 11.1. The van der Waals surface area contributed by atoms with Gasteiger partial charge in [0.05, 0.1) is 7.11 Å². The fourth-order valence-corrected chi connectivity index (χ4v) is 2.69. The summed E-state index contributed by atoms with van der Waals surface area (Å²) in [6.07, 6.45) is 4.34. The average Bonchev–Trinajstić information content (AvgIpc) is 2.81. The summed E-state index contributed by atoms with van der Waals surface area (Å²) < 4.78 is 5.44. The van der Waals surface area contributed by atoms with Gasteiger partial charge >= 0.3 is 0 Å². The minimum atomic E-state index is 0.0351. The summed E-state index contributed by atoms with van der Waals surface area (Å²) in [5.74, 6) is 0.849. The molecule has 0 fully saturated rings. The van der Waals surface area contributed by atoms with E-state index in [0.29, 0.717) is 0 Å². The molecule has 2 heteroatoms. The maximum absolute atomic E-state index is 11.1. The zero-order chi connectivity index (χ0) is 14.1. The first-order valence-corrected chi connectivity index (χ1v) is 6.67. The van der Waals surface area contributed by atoms with Gasteiger partial charge in [0.25, 0.3) is 0 Å². The van der Waals surface area contributed by atoms with Crippen molar-refractivity contribution in [2.75, 3.05) is 7.11 Å². The molecular formula is C18H16O2. The quantitative estimate of drug-likeness (QED) is 0.671. The maximum Gasteiger partial charge on any atom is 0.152 e. The van der Waals surface area contributed by atoms with Gasteiger partial charge in [0.15, 0.2) is 5.78 Å². The van der Waals surface area contributed by atoms with Gasteiger partial charge in [0, 0.05) is 5.56 Å². The van der Waals surface area contributed by atoms with E-state index >= 15 is 0 Å². The van der Waals surface area contributed by atoms with Crippen molar-refractivity contribution in [1.29, 1.82) is 0 Å². The highest BCUT2D eigenvalue weighted by Crippen LogP contribution is 2.40. The highest BCUT2D eigenvalue weighted by Gasteiger charge is 2.19. The molecule has 0 saturated heterocycles. The van der Waals surface area contributed by atoms with Crippen LogP contribution < -0.4 is 4.74 Å². The van der Waals surface area contributed by atoms with Gasteiger partial charge in [-0.05, 0) is 59.9 Å². The minimum Gasteiger partial charge on any atom is -0.496 e. The molecule has 0 radical (unpaired) electrons. The van der Waals surface area contributed by atoms with Crippen molar-refractivity contribution in [3.63, 3.8) is 0 Å². The Balaban J connectivity index is 2.13. The molecule has 0 amide bonds. The minimum absolute atomic E-state index is 0.0351. The Morgan fingerprint density at radius 2 is 1.95 bits per heavy atom. The normalized spacial score (nSPS) is 12.3. The molecule has 0 aliphatic heterocycles. The molecule has 100 valence electrons. The fraction of sp³-hybridized carbons (Fsp3) is 0.167. The standard InChI is InChI=1S/C18H16O2/c1-12(19)7-8-14-10-17-15(11-18(14)20-2)9-13-5-3-4-6-16(13)17/h3-8,10-11H,9H2,1-2H3/b8-7+. The zero-order valence-electron chi connectivity index (χ0n) is 11.6. The van der Waals surface area contributed by atoms with Gasteiger partial charge in [-0.15, -0.1) is 0 Å². The van der Waals surface area contributed by atoms with Crippen LogP contribution in [0.1, 0.15) is 23.6 Å². The number of allylic oxidation sites excluding steroid dienone is 1. The van der Waals surface area contributed by atoms with Crippen LogP contribution in [0, 0.1) is 0 Å². The molecule has 2 aromatic rings. The Labute approximate surface area is 118 Å². The van der Waals surface area contributed by atoms with Gasteiger partial charge in [-0.1, -0.05) is 24.3 Å². The van der Waals surface area contributed by atoms with Crippen molar-refractivity contribution in [1.82, 2.24) is 0 Å². The van der Waals surface area contributed by atoms with E-state index in [1.807, 2.05) is 6.08 Å². The Morgan fingerprint density at radius 1 is 1.15 bits per heavy atom. The number of benzene rings is 2. The topological polar surface area (TPSA) is 26.3 Å². The number of hydrogen-bond donors (Lipinski definition) is 0. The van der Waals surface area contributed by atoms with Gasteiger partial charge in [-0.3, -0.25) is 4.79 Å². The molecule has 0 unspecified atom stereocenters. The van der Waals surface area contributed by atoms with Crippen LogP contribution in [-0.4, -0.2) is 12.9 Å². The van der Waals surface area contributed by atoms with Crippen molar-refractivity contribution >= 4 is 11.9 Å². The van der Waals surface area contributed by atoms with Crippen LogP contribution in [-0.2, 0) is 11.2 Å². The third-order valence-electron chi connectivity index (χ3n) is 3.64.